The summed E-state index contributed by atoms with van der Waals surface area (Å²) in [6.07, 6.45) is 1.67. The Morgan fingerprint density at radius 1 is 1.58 bits per heavy atom. The van der Waals surface area contributed by atoms with Crippen molar-refractivity contribution in [3.8, 4) is 0 Å². The number of aliphatic hydroxyl groups excluding tert-OH is 1. The number of anilines is 1. The number of rotatable bonds is 4. The first kappa shape index (κ1) is 14.2. The van der Waals surface area contributed by atoms with Crippen LogP contribution in [0.1, 0.15) is 19.4 Å². The van der Waals surface area contributed by atoms with Gasteiger partial charge in [-0.2, -0.15) is 0 Å². The van der Waals surface area contributed by atoms with E-state index in [4.69, 9.17) is 4.74 Å². The molecule has 1 aliphatic heterocycles. The number of nitrogens with one attached hydrogen (secondary N) is 1. The van der Waals surface area contributed by atoms with Gasteiger partial charge in [-0.3, -0.25) is 4.90 Å². The first-order chi connectivity index (χ1) is 9.04. The van der Waals surface area contributed by atoms with Gasteiger partial charge in [0.2, 0.25) is 0 Å². The standard InChI is InChI=1S/C14H23N3O2/c1-14(2)10-17(8-12(9-18)19-14)7-11-5-4-6-16-13(11)15-3/h4-6,12,18H,7-10H2,1-3H3,(H,15,16). The third-order valence-electron chi connectivity index (χ3n) is 3.28. The molecule has 0 radical (unpaired) electrons. The van der Waals surface area contributed by atoms with Gasteiger partial charge in [0.05, 0.1) is 18.3 Å². The Morgan fingerprint density at radius 2 is 2.37 bits per heavy atom. The SMILES string of the molecule is CNc1ncccc1CN1CC(CO)OC(C)(C)C1. The average molecular weight is 265 g/mol. The van der Waals surface area contributed by atoms with Crippen LogP contribution in [0.5, 0.6) is 0 Å². The molecular weight excluding hydrogens is 242 g/mol. The fourth-order valence-electron chi connectivity index (χ4n) is 2.66. The van der Waals surface area contributed by atoms with E-state index >= 15 is 0 Å². The van der Waals surface area contributed by atoms with Crippen LogP contribution in [0.2, 0.25) is 0 Å². The van der Waals surface area contributed by atoms with Crippen LogP contribution in [-0.4, -0.2) is 53.4 Å². The summed E-state index contributed by atoms with van der Waals surface area (Å²) in [6.45, 7) is 6.59. The van der Waals surface area contributed by atoms with Gasteiger partial charge in [-0.05, 0) is 19.9 Å². The molecular formula is C14H23N3O2. The molecule has 0 bridgehead atoms. The fraction of sp³-hybridized carbons (Fsp3) is 0.643. The topological polar surface area (TPSA) is 57.6 Å². The summed E-state index contributed by atoms with van der Waals surface area (Å²) >= 11 is 0. The highest BCUT2D eigenvalue weighted by atomic mass is 16.5. The van der Waals surface area contributed by atoms with E-state index in [2.05, 4.69) is 35.1 Å². The number of hydrogen-bond acceptors (Lipinski definition) is 5. The van der Waals surface area contributed by atoms with Crippen LogP contribution in [-0.2, 0) is 11.3 Å². The molecule has 0 aromatic carbocycles. The fourth-order valence-corrected chi connectivity index (χ4v) is 2.66. The number of nitrogens with zero attached hydrogens (tertiary/aromatic N) is 2. The molecule has 1 unspecified atom stereocenters. The molecule has 1 aromatic rings. The van der Waals surface area contributed by atoms with Crippen molar-refractivity contribution in [3.63, 3.8) is 0 Å². The minimum Gasteiger partial charge on any atom is -0.394 e. The smallest absolute Gasteiger partial charge is 0.130 e. The molecule has 106 valence electrons. The van der Waals surface area contributed by atoms with Crippen LogP contribution in [0.4, 0.5) is 5.82 Å². The van der Waals surface area contributed by atoms with Crippen LogP contribution in [0.25, 0.3) is 0 Å². The molecule has 0 saturated carbocycles. The second kappa shape index (κ2) is 5.86. The molecule has 1 fully saturated rings. The third kappa shape index (κ3) is 3.65. The summed E-state index contributed by atoms with van der Waals surface area (Å²) in [5, 5.41) is 12.4. The predicted molar refractivity (Wildman–Crippen MR) is 75.1 cm³/mol. The summed E-state index contributed by atoms with van der Waals surface area (Å²) < 4.78 is 5.82. The highest BCUT2D eigenvalue weighted by molar-refractivity contribution is 5.42. The van der Waals surface area contributed by atoms with E-state index in [-0.39, 0.29) is 18.3 Å². The highest BCUT2D eigenvalue weighted by Gasteiger charge is 2.33. The Labute approximate surface area is 114 Å². The summed E-state index contributed by atoms with van der Waals surface area (Å²) in [5.41, 5.74) is 0.938. The van der Waals surface area contributed by atoms with Crippen molar-refractivity contribution < 1.29 is 9.84 Å². The molecule has 0 spiro atoms. The van der Waals surface area contributed by atoms with Crippen LogP contribution in [0.3, 0.4) is 0 Å². The molecule has 1 aliphatic rings. The minimum atomic E-state index is -0.229. The maximum atomic E-state index is 9.33. The number of aliphatic hydroxyl groups is 1. The normalized spacial score (nSPS) is 23.3. The number of hydrogen-bond donors (Lipinski definition) is 2. The van der Waals surface area contributed by atoms with E-state index < -0.39 is 0 Å². The zero-order valence-corrected chi connectivity index (χ0v) is 11.9. The van der Waals surface area contributed by atoms with Crippen molar-refractivity contribution in [2.75, 3.05) is 32.1 Å². The molecule has 19 heavy (non-hydrogen) atoms. The third-order valence-corrected chi connectivity index (χ3v) is 3.28. The predicted octanol–water partition coefficient (Wildman–Crippen LogP) is 1.09. The van der Waals surface area contributed by atoms with Gasteiger partial charge in [-0.25, -0.2) is 4.98 Å². The first-order valence-electron chi connectivity index (χ1n) is 6.67. The molecule has 5 nitrogen and oxygen atoms in total. The maximum Gasteiger partial charge on any atom is 0.130 e. The van der Waals surface area contributed by atoms with E-state index in [1.165, 1.54) is 5.56 Å². The van der Waals surface area contributed by atoms with Gasteiger partial charge in [0.15, 0.2) is 0 Å². The van der Waals surface area contributed by atoms with E-state index in [1.54, 1.807) is 6.20 Å². The lowest BCUT2D eigenvalue weighted by molar-refractivity contribution is -0.150. The molecule has 1 saturated heterocycles. The molecule has 0 aliphatic carbocycles. The van der Waals surface area contributed by atoms with Gasteiger partial charge < -0.3 is 15.2 Å². The van der Waals surface area contributed by atoms with Gasteiger partial charge in [-0.15, -0.1) is 0 Å². The Balaban J connectivity index is 2.09. The van der Waals surface area contributed by atoms with Gasteiger partial charge in [0.25, 0.3) is 0 Å². The lowest BCUT2D eigenvalue weighted by atomic mass is 10.0. The number of aromatic nitrogens is 1. The second-order valence-electron chi connectivity index (χ2n) is 5.61. The molecule has 1 aromatic heterocycles. The summed E-state index contributed by atoms with van der Waals surface area (Å²) in [5.74, 6) is 0.910. The Hall–Kier alpha value is -1.17. The molecule has 2 N–H and O–H groups in total. The summed E-state index contributed by atoms with van der Waals surface area (Å²) in [7, 11) is 1.88. The quantitative estimate of drug-likeness (QED) is 0.853. The highest BCUT2D eigenvalue weighted by Crippen LogP contribution is 2.23. The van der Waals surface area contributed by atoms with E-state index in [1.807, 2.05) is 13.1 Å². The van der Waals surface area contributed by atoms with Gasteiger partial charge >= 0.3 is 0 Å². The molecule has 0 amide bonds. The first-order valence-corrected chi connectivity index (χ1v) is 6.67. The number of ether oxygens (including phenoxy) is 1. The van der Waals surface area contributed by atoms with Crippen molar-refractivity contribution >= 4 is 5.82 Å². The van der Waals surface area contributed by atoms with Crippen LogP contribution < -0.4 is 5.32 Å². The van der Waals surface area contributed by atoms with Gasteiger partial charge in [-0.1, -0.05) is 6.07 Å². The molecule has 1 atom stereocenters. The Bertz CT molecular complexity index is 423. The van der Waals surface area contributed by atoms with Crippen LogP contribution in [0, 0.1) is 0 Å². The number of pyridine rings is 1. The van der Waals surface area contributed by atoms with Crippen molar-refractivity contribution in [1.29, 1.82) is 0 Å². The lowest BCUT2D eigenvalue weighted by Gasteiger charge is -2.42. The van der Waals surface area contributed by atoms with Crippen molar-refractivity contribution in [2.45, 2.75) is 32.1 Å². The van der Waals surface area contributed by atoms with E-state index in [9.17, 15) is 5.11 Å². The van der Waals surface area contributed by atoms with Crippen molar-refractivity contribution in [3.05, 3.63) is 23.9 Å². The minimum absolute atomic E-state index is 0.0614. The zero-order valence-electron chi connectivity index (χ0n) is 11.9. The summed E-state index contributed by atoms with van der Waals surface area (Å²) in [4.78, 5) is 6.63. The van der Waals surface area contributed by atoms with E-state index in [0.29, 0.717) is 0 Å². The molecule has 2 heterocycles. The lowest BCUT2D eigenvalue weighted by Crippen LogP contribution is -2.53. The zero-order chi connectivity index (χ0) is 13.9. The van der Waals surface area contributed by atoms with Crippen LogP contribution in [0.15, 0.2) is 18.3 Å². The maximum absolute atomic E-state index is 9.33. The number of morpholine rings is 1. The average Bonchev–Trinajstić information content (AvgIpc) is 2.37. The van der Waals surface area contributed by atoms with Gasteiger partial charge in [0.1, 0.15) is 5.82 Å². The Morgan fingerprint density at radius 3 is 3.05 bits per heavy atom. The summed E-state index contributed by atoms with van der Waals surface area (Å²) in [6, 6.07) is 4.03. The largest absolute Gasteiger partial charge is 0.394 e. The van der Waals surface area contributed by atoms with Crippen molar-refractivity contribution in [2.24, 2.45) is 0 Å². The van der Waals surface area contributed by atoms with Crippen molar-refractivity contribution in [1.82, 2.24) is 9.88 Å². The monoisotopic (exact) mass is 265 g/mol. The molecule has 2 rings (SSSR count). The second-order valence-corrected chi connectivity index (χ2v) is 5.61. The Kier molecular flexibility index (Phi) is 4.39. The van der Waals surface area contributed by atoms with Gasteiger partial charge in [0, 0.05) is 38.4 Å². The molecule has 5 heteroatoms. The van der Waals surface area contributed by atoms with Crippen LogP contribution >= 0.6 is 0 Å². The van der Waals surface area contributed by atoms with E-state index in [0.717, 1.165) is 25.5 Å².